The van der Waals surface area contributed by atoms with Crippen LogP contribution in [-0.2, 0) is 0 Å². The van der Waals surface area contributed by atoms with Gasteiger partial charge in [0.25, 0.3) is 0 Å². The summed E-state index contributed by atoms with van der Waals surface area (Å²) in [5.74, 6) is 0.945. The molecule has 21 heavy (non-hydrogen) atoms. The quantitative estimate of drug-likeness (QED) is 0.789. The van der Waals surface area contributed by atoms with Gasteiger partial charge in [0.05, 0.1) is 0 Å². The van der Waals surface area contributed by atoms with E-state index in [1.54, 1.807) is 0 Å². The summed E-state index contributed by atoms with van der Waals surface area (Å²) in [4.78, 5) is 8.05. The van der Waals surface area contributed by atoms with Crippen LogP contribution in [0.3, 0.4) is 0 Å². The lowest BCUT2D eigenvalue weighted by Crippen LogP contribution is -2.44. The minimum Gasteiger partial charge on any atom is -0.303 e. The van der Waals surface area contributed by atoms with Gasteiger partial charge in [-0.3, -0.25) is 0 Å². The molecule has 0 amide bonds. The summed E-state index contributed by atoms with van der Waals surface area (Å²) in [5.41, 5.74) is 0. The Morgan fingerprint density at radius 1 is 0.714 bits per heavy atom. The maximum absolute atomic E-state index is 2.76. The summed E-state index contributed by atoms with van der Waals surface area (Å²) >= 11 is 0. The Balaban J connectivity index is 1.70. The molecule has 2 heterocycles. The lowest BCUT2D eigenvalue weighted by molar-refractivity contribution is 0.106. The molecule has 2 aliphatic rings. The van der Waals surface area contributed by atoms with Gasteiger partial charge in [-0.25, -0.2) is 0 Å². The van der Waals surface area contributed by atoms with Crippen molar-refractivity contribution in [1.82, 2.24) is 14.7 Å². The Labute approximate surface area is 132 Å². The molecule has 0 spiro atoms. The van der Waals surface area contributed by atoms with E-state index in [-0.39, 0.29) is 0 Å². The molecule has 2 fully saturated rings. The molecule has 3 heteroatoms. The van der Waals surface area contributed by atoms with Gasteiger partial charge in [-0.2, -0.15) is 0 Å². The summed E-state index contributed by atoms with van der Waals surface area (Å²) in [6.07, 6.45) is 5.52. The van der Waals surface area contributed by atoms with Gasteiger partial charge in [-0.05, 0) is 98.6 Å². The van der Waals surface area contributed by atoms with Gasteiger partial charge < -0.3 is 14.7 Å². The molecule has 0 atom stereocenters. The maximum Gasteiger partial charge on any atom is 0.00386 e. The first-order chi connectivity index (χ1) is 10.1. The van der Waals surface area contributed by atoms with E-state index < -0.39 is 0 Å². The molecule has 0 aliphatic carbocycles. The molecule has 0 aromatic carbocycles. The van der Waals surface area contributed by atoms with E-state index >= 15 is 0 Å². The average Bonchev–Trinajstić information content (AvgIpc) is 2.41. The Kier molecular flexibility index (Phi) is 6.97. The Hall–Kier alpha value is -0.120. The fraction of sp³-hybridized carbons (Fsp3) is 1.00. The zero-order chi connectivity index (χ0) is 15.2. The molecule has 0 radical (unpaired) electrons. The first kappa shape index (κ1) is 17.2. The average molecular weight is 296 g/mol. The number of piperidine rings is 1. The molecular weight excluding hydrogens is 258 g/mol. The summed E-state index contributed by atoms with van der Waals surface area (Å²) in [5, 5.41) is 0. The van der Waals surface area contributed by atoms with Crippen molar-refractivity contribution in [3.05, 3.63) is 0 Å². The summed E-state index contributed by atoms with van der Waals surface area (Å²) < 4.78 is 0. The molecule has 0 bridgehead atoms. The predicted octanol–water partition coefficient (Wildman–Crippen LogP) is 2.91. The highest BCUT2D eigenvalue weighted by Crippen LogP contribution is 2.20. The zero-order valence-corrected chi connectivity index (χ0v) is 14.9. The van der Waals surface area contributed by atoms with Crippen molar-refractivity contribution in [1.29, 1.82) is 0 Å². The van der Waals surface area contributed by atoms with Crippen LogP contribution in [0.5, 0.6) is 0 Å². The highest BCUT2D eigenvalue weighted by Gasteiger charge is 2.23. The first-order valence-electron chi connectivity index (χ1n) is 9.26. The summed E-state index contributed by atoms with van der Waals surface area (Å²) in [6, 6.07) is 1.45. The Morgan fingerprint density at radius 3 is 1.67 bits per heavy atom. The van der Waals surface area contributed by atoms with Crippen molar-refractivity contribution in [2.45, 2.75) is 65.5 Å². The van der Waals surface area contributed by atoms with Crippen LogP contribution in [0.1, 0.15) is 53.4 Å². The molecular formula is C18H37N3. The number of nitrogens with zero attached hydrogens (tertiary/aromatic N) is 3. The van der Waals surface area contributed by atoms with Crippen LogP contribution in [0.2, 0.25) is 0 Å². The number of rotatable bonds is 4. The molecule has 0 saturated carbocycles. The van der Waals surface area contributed by atoms with Gasteiger partial charge in [0.2, 0.25) is 0 Å². The molecule has 0 aromatic rings. The topological polar surface area (TPSA) is 9.72 Å². The minimum atomic E-state index is 0.719. The van der Waals surface area contributed by atoms with Gasteiger partial charge in [0.1, 0.15) is 0 Å². The van der Waals surface area contributed by atoms with Crippen LogP contribution in [-0.4, -0.2) is 72.6 Å². The van der Waals surface area contributed by atoms with Gasteiger partial charge in [0, 0.05) is 18.6 Å². The molecule has 0 N–H and O–H groups in total. The van der Waals surface area contributed by atoms with E-state index in [2.05, 4.69) is 42.4 Å². The van der Waals surface area contributed by atoms with E-state index in [0.717, 1.165) is 18.0 Å². The lowest BCUT2D eigenvalue weighted by Gasteiger charge is -2.38. The van der Waals surface area contributed by atoms with Crippen molar-refractivity contribution in [3.63, 3.8) is 0 Å². The fourth-order valence-electron chi connectivity index (χ4n) is 3.93. The second-order valence-corrected chi connectivity index (χ2v) is 7.71. The van der Waals surface area contributed by atoms with E-state index in [1.807, 2.05) is 0 Å². The van der Waals surface area contributed by atoms with Crippen LogP contribution in [0.15, 0.2) is 0 Å². The van der Waals surface area contributed by atoms with Crippen molar-refractivity contribution in [2.75, 3.05) is 45.8 Å². The summed E-state index contributed by atoms with van der Waals surface area (Å²) in [7, 11) is 0. The number of likely N-dealkylation sites (tertiary alicyclic amines) is 1. The first-order valence-corrected chi connectivity index (χ1v) is 9.26. The molecule has 2 saturated heterocycles. The smallest absolute Gasteiger partial charge is 0.00386 e. The van der Waals surface area contributed by atoms with Crippen molar-refractivity contribution < 1.29 is 0 Å². The third-order valence-electron chi connectivity index (χ3n) is 5.47. The van der Waals surface area contributed by atoms with E-state index in [0.29, 0.717) is 0 Å². The molecule has 124 valence electrons. The maximum atomic E-state index is 2.76. The second kappa shape index (κ2) is 8.50. The lowest BCUT2D eigenvalue weighted by atomic mass is 9.95. The van der Waals surface area contributed by atoms with Crippen LogP contribution >= 0.6 is 0 Å². The van der Waals surface area contributed by atoms with Gasteiger partial charge in [0.15, 0.2) is 0 Å². The monoisotopic (exact) mass is 295 g/mol. The fourth-order valence-corrected chi connectivity index (χ4v) is 3.93. The Bertz CT molecular complexity index is 272. The molecule has 3 nitrogen and oxygen atoms in total. The molecule has 2 aliphatic heterocycles. The van der Waals surface area contributed by atoms with E-state index in [4.69, 9.17) is 0 Å². The highest BCUT2D eigenvalue weighted by molar-refractivity contribution is 4.78. The number of hydrogen-bond acceptors (Lipinski definition) is 3. The van der Waals surface area contributed by atoms with Crippen molar-refractivity contribution >= 4 is 0 Å². The minimum absolute atomic E-state index is 0.719. The van der Waals surface area contributed by atoms with E-state index in [1.165, 1.54) is 71.5 Å². The molecule has 0 unspecified atom stereocenters. The Morgan fingerprint density at radius 2 is 1.19 bits per heavy atom. The molecule has 2 rings (SSSR count). The number of hydrogen-bond donors (Lipinski definition) is 0. The largest absolute Gasteiger partial charge is 0.303 e. The normalized spacial score (nSPS) is 25.4. The standard InChI is InChI=1S/C18H37N3/c1-16(2)20-11-5-9-19(10-6-12-20)15-18-7-13-21(14-8-18)17(3)4/h16-18H,5-15H2,1-4H3. The molecule has 0 aromatic heterocycles. The second-order valence-electron chi connectivity index (χ2n) is 7.71. The van der Waals surface area contributed by atoms with Crippen LogP contribution in [0.25, 0.3) is 0 Å². The summed E-state index contributed by atoms with van der Waals surface area (Å²) in [6.45, 7) is 18.5. The SMILES string of the molecule is CC(C)N1CCCN(CC2CCN(C(C)C)CC2)CCC1. The highest BCUT2D eigenvalue weighted by atomic mass is 15.2. The van der Waals surface area contributed by atoms with Gasteiger partial charge in [-0.1, -0.05) is 0 Å². The third-order valence-corrected chi connectivity index (χ3v) is 5.47. The third kappa shape index (κ3) is 5.54. The van der Waals surface area contributed by atoms with Crippen LogP contribution in [0, 0.1) is 5.92 Å². The van der Waals surface area contributed by atoms with Crippen molar-refractivity contribution in [2.24, 2.45) is 5.92 Å². The predicted molar refractivity (Wildman–Crippen MR) is 91.8 cm³/mol. The van der Waals surface area contributed by atoms with Crippen molar-refractivity contribution in [3.8, 4) is 0 Å². The van der Waals surface area contributed by atoms with Crippen LogP contribution in [0.4, 0.5) is 0 Å². The van der Waals surface area contributed by atoms with Gasteiger partial charge >= 0.3 is 0 Å². The van der Waals surface area contributed by atoms with Crippen LogP contribution < -0.4 is 0 Å². The van der Waals surface area contributed by atoms with Gasteiger partial charge in [-0.15, -0.1) is 0 Å². The zero-order valence-electron chi connectivity index (χ0n) is 14.9. The van der Waals surface area contributed by atoms with E-state index in [9.17, 15) is 0 Å².